The first-order valence-electron chi connectivity index (χ1n) is 5.21. The summed E-state index contributed by atoms with van der Waals surface area (Å²) in [4.78, 5) is 12.6. The molecule has 1 aromatic rings. The highest BCUT2D eigenvalue weighted by atomic mass is 19.1. The molecule has 0 unspecified atom stereocenters. The number of carbonyl (C=O) groups excluding carboxylic acids is 1. The van der Waals surface area contributed by atoms with Gasteiger partial charge in [-0.1, -0.05) is 0 Å². The third-order valence-corrected chi connectivity index (χ3v) is 2.35. The Kier molecular flexibility index (Phi) is 4.92. The fraction of sp³-hybridized carbons (Fsp3) is 0.417. The van der Waals surface area contributed by atoms with E-state index < -0.39 is 5.82 Å². The molecule has 0 aromatic heterocycles. The highest BCUT2D eigenvalue weighted by Crippen LogP contribution is 2.17. The van der Waals surface area contributed by atoms with Gasteiger partial charge in [-0.05, 0) is 25.1 Å². The van der Waals surface area contributed by atoms with Crippen molar-refractivity contribution in [2.45, 2.75) is 6.92 Å². The molecule has 0 bridgehead atoms. The average molecular weight is 225 g/mol. The fourth-order valence-corrected chi connectivity index (χ4v) is 1.52. The third kappa shape index (κ3) is 3.31. The van der Waals surface area contributed by atoms with E-state index in [-0.39, 0.29) is 0 Å². The van der Waals surface area contributed by atoms with E-state index in [0.29, 0.717) is 30.7 Å². The van der Waals surface area contributed by atoms with Crippen LogP contribution in [0.1, 0.15) is 17.3 Å². The van der Waals surface area contributed by atoms with Crippen LogP contribution in [0.4, 0.5) is 10.1 Å². The van der Waals surface area contributed by atoms with Gasteiger partial charge in [-0.15, -0.1) is 0 Å². The van der Waals surface area contributed by atoms with Crippen molar-refractivity contribution in [3.8, 4) is 0 Å². The van der Waals surface area contributed by atoms with E-state index in [4.69, 9.17) is 4.74 Å². The van der Waals surface area contributed by atoms with Crippen LogP contribution in [0, 0.1) is 5.82 Å². The zero-order valence-corrected chi connectivity index (χ0v) is 9.57. The summed E-state index contributed by atoms with van der Waals surface area (Å²) in [5.74, 6) is -0.393. The number of carbonyl (C=O) groups is 1. The Morgan fingerprint density at radius 1 is 1.44 bits per heavy atom. The minimum absolute atomic E-state index is 0.353. The lowest BCUT2D eigenvalue weighted by Gasteiger charge is -2.23. The number of aldehydes is 1. The number of methoxy groups -OCH3 is 1. The second kappa shape index (κ2) is 6.23. The average Bonchev–Trinajstić information content (AvgIpc) is 2.29. The summed E-state index contributed by atoms with van der Waals surface area (Å²) in [5.41, 5.74) is 1.06. The smallest absolute Gasteiger partial charge is 0.150 e. The van der Waals surface area contributed by atoms with Crippen molar-refractivity contribution >= 4 is 12.0 Å². The van der Waals surface area contributed by atoms with Crippen molar-refractivity contribution in [3.05, 3.63) is 29.6 Å². The molecular formula is C12H16FNO2. The Morgan fingerprint density at radius 3 is 2.75 bits per heavy atom. The SMILES string of the molecule is CCN(CCOC)c1cc(F)cc(C=O)c1. The van der Waals surface area contributed by atoms with Gasteiger partial charge in [0.1, 0.15) is 12.1 Å². The first-order chi connectivity index (χ1) is 7.71. The summed E-state index contributed by atoms with van der Waals surface area (Å²) in [6.07, 6.45) is 0.650. The molecule has 0 atom stereocenters. The van der Waals surface area contributed by atoms with E-state index >= 15 is 0 Å². The molecule has 0 aliphatic rings. The van der Waals surface area contributed by atoms with Crippen LogP contribution >= 0.6 is 0 Å². The normalized spacial score (nSPS) is 10.2. The van der Waals surface area contributed by atoms with Crippen LogP contribution in [-0.2, 0) is 4.74 Å². The van der Waals surface area contributed by atoms with Gasteiger partial charge in [0.15, 0.2) is 0 Å². The first-order valence-corrected chi connectivity index (χ1v) is 5.21. The van der Waals surface area contributed by atoms with Gasteiger partial charge in [-0.25, -0.2) is 4.39 Å². The predicted molar refractivity (Wildman–Crippen MR) is 61.6 cm³/mol. The maximum absolute atomic E-state index is 13.2. The Balaban J connectivity index is 2.90. The summed E-state index contributed by atoms with van der Waals surface area (Å²) < 4.78 is 18.2. The molecule has 16 heavy (non-hydrogen) atoms. The van der Waals surface area contributed by atoms with Crippen LogP contribution in [0.3, 0.4) is 0 Å². The van der Waals surface area contributed by atoms with Crippen LogP contribution in [0.25, 0.3) is 0 Å². The molecule has 3 nitrogen and oxygen atoms in total. The summed E-state index contributed by atoms with van der Waals surface area (Å²) in [6.45, 7) is 3.96. The molecule has 0 aliphatic carbocycles. The Labute approximate surface area is 94.8 Å². The van der Waals surface area contributed by atoms with Gasteiger partial charge in [0.05, 0.1) is 6.61 Å². The molecule has 0 heterocycles. The monoisotopic (exact) mass is 225 g/mol. The number of anilines is 1. The van der Waals surface area contributed by atoms with Crippen LogP contribution in [0.5, 0.6) is 0 Å². The highest BCUT2D eigenvalue weighted by Gasteiger charge is 2.07. The van der Waals surface area contributed by atoms with Crippen molar-refractivity contribution in [2.75, 3.05) is 31.7 Å². The predicted octanol–water partition coefficient (Wildman–Crippen LogP) is 2.11. The Bertz CT molecular complexity index is 355. The quantitative estimate of drug-likeness (QED) is 0.694. The summed E-state index contributed by atoms with van der Waals surface area (Å²) in [5, 5.41) is 0. The second-order valence-corrected chi connectivity index (χ2v) is 3.43. The van der Waals surface area contributed by atoms with Crippen LogP contribution in [0.2, 0.25) is 0 Å². The van der Waals surface area contributed by atoms with Gasteiger partial charge in [0.25, 0.3) is 0 Å². The van der Waals surface area contributed by atoms with E-state index in [2.05, 4.69) is 0 Å². The number of likely N-dealkylation sites (N-methyl/N-ethyl adjacent to an activating group) is 1. The van der Waals surface area contributed by atoms with Gasteiger partial charge in [-0.2, -0.15) is 0 Å². The number of nitrogens with zero attached hydrogens (tertiary/aromatic N) is 1. The van der Waals surface area contributed by atoms with E-state index in [1.807, 2.05) is 11.8 Å². The zero-order chi connectivity index (χ0) is 12.0. The second-order valence-electron chi connectivity index (χ2n) is 3.43. The van der Waals surface area contributed by atoms with Gasteiger partial charge >= 0.3 is 0 Å². The highest BCUT2D eigenvalue weighted by molar-refractivity contribution is 5.77. The van der Waals surface area contributed by atoms with Gasteiger partial charge < -0.3 is 9.64 Å². The van der Waals surface area contributed by atoms with Crippen LogP contribution < -0.4 is 4.90 Å². The van der Waals surface area contributed by atoms with E-state index in [0.717, 1.165) is 6.54 Å². The molecule has 4 heteroatoms. The van der Waals surface area contributed by atoms with Crippen molar-refractivity contribution < 1.29 is 13.9 Å². The Morgan fingerprint density at radius 2 is 2.19 bits per heavy atom. The van der Waals surface area contributed by atoms with Crippen LogP contribution in [-0.4, -0.2) is 33.1 Å². The van der Waals surface area contributed by atoms with Gasteiger partial charge in [0.2, 0.25) is 0 Å². The lowest BCUT2D eigenvalue weighted by molar-refractivity contribution is 0.112. The molecule has 0 radical (unpaired) electrons. The summed E-state index contributed by atoms with van der Waals surface area (Å²) >= 11 is 0. The van der Waals surface area contributed by atoms with E-state index in [1.54, 1.807) is 13.2 Å². The molecule has 88 valence electrons. The molecule has 0 fully saturated rings. The summed E-state index contributed by atoms with van der Waals surface area (Å²) in [6, 6.07) is 4.32. The van der Waals surface area contributed by atoms with E-state index in [1.165, 1.54) is 12.1 Å². The fourth-order valence-electron chi connectivity index (χ4n) is 1.52. The van der Waals surface area contributed by atoms with Gasteiger partial charge in [-0.3, -0.25) is 4.79 Å². The zero-order valence-electron chi connectivity index (χ0n) is 9.57. The van der Waals surface area contributed by atoms with Crippen molar-refractivity contribution in [1.29, 1.82) is 0 Å². The third-order valence-electron chi connectivity index (χ3n) is 2.35. The number of halogens is 1. The largest absolute Gasteiger partial charge is 0.383 e. The lowest BCUT2D eigenvalue weighted by atomic mass is 10.2. The number of hydrogen-bond donors (Lipinski definition) is 0. The molecule has 0 saturated heterocycles. The van der Waals surface area contributed by atoms with Crippen molar-refractivity contribution in [1.82, 2.24) is 0 Å². The molecule has 0 aliphatic heterocycles. The van der Waals surface area contributed by atoms with Crippen molar-refractivity contribution in [2.24, 2.45) is 0 Å². The lowest BCUT2D eigenvalue weighted by Crippen LogP contribution is -2.26. The first kappa shape index (κ1) is 12.6. The number of rotatable bonds is 6. The van der Waals surface area contributed by atoms with E-state index in [9.17, 15) is 9.18 Å². The minimum Gasteiger partial charge on any atom is -0.383 e. The standard InChI is InChI=1S/C12H16FNO2/c1-3-14(4-5-16-2)12-7-10(9-15)6-11(13)8-12/h6-9H,3-5H2,1-2H3. The van der Waals surface area contributed by atoms with Crippen molar-refractivity contribution in [3.63, 3.8) is 0 Å². The molecule has 0 saturated carbocycles. The van der Waals surface area contributed by atoms with Gasteiger partial charge in [0, 0.05) is 31.5 Å². The Hall–Kier alpha value is -1.42. The molecule has 1 aromatic carbocycles. The molecule has 0 spiro atoms. The number of ether oxygens (including phenoxy) is 1. The maximum Gasteiger partial charge on any atom is 0.150 e. The minimum atomic E-state index is -0.393. The maximum atomic E-state index is 13.2. The topological polar surface area (TPSA) is 29.5 Å². The molecular weight excluding hydrogens is 209 g/mol. The molecule has 0 N–H and O–H groups in total. The number of benzene rings is 1. The summed E-state index contributed by atoms with van der Waals surface area (Å²) in [7, 11) is 1.62. The molecule has 1 rings (SSSR count). The van der Waals surface area contributed by atoms with Crippen LogP contribution in [0.15, 0.2) is 18.2 Å². The molecule has 0 amide bonds. The number of hydrogen-bond acceptors (Lipinski definition) is 3.